The van der Waals surface area contributed by atoms with E-state index in [4.69, 9.17) is 9.47 Å². The molecule has 23 heavy (non-hydrogen) atoms. The van der Waals surface area contributed by atoms with Crippen molar-refractivity contribution in [1.82, 2.24) is 0 Å². The molecule has 0 aliphatic heterocycles. The van der Waals surface area contributed by atoms with Crippen LogP contribution in [0.4, 0.5) is 0 Å². The van der Waals surface area contributed by atoms with E-state index in [-0.39, 0.29) is 11.9 Å². The van der Waals surface area contributed by atoms with Crippen molar-refractivity contribution in [2.45, 2.75) is 72.0 Å². The normalized spacial score (nSPS) is 24.4. The molecule has 0 radical (unpaired) electrons. The highest BCUT2D eigenvalue weighted by atomic mass is 16.6. The summed E-state index contributed by atoms with van der Waals surface area (Å²) in [6.45, 7) is 11.0. The molecule has 0 aromatic heterocycles. The Balaban J connectivity index is 2.26. The number of rotatable bonds is 2. The summed E-state index contributed by atoms with van der Waals surface area (Å²) in [5, 5.41) is 0. The van der Waals surface area contributed by atoms with E-state index in [0.29, 0.717) is 0 Å². The van der Waals surface area contributed by atoms with Gasteiger partial charge in [0.1, 0.15) is 11.2 Å². The zero-order valence-electron chi connectivity index (χ0n) is 15.1. The van der Waals surface area contributed by atoms with Crippen LogP contribution in [0.15, 0.2) is 23.3 Å². The Morgan fingerprint density at radius 3 is 1.48 bits per heavy atom. The average molecular weight is 320 g/mol. The first-order valence-electron chi connectivity index (χ1n) is 8.34. The number of ether oxygens (including phenoxy) is 2. The van der Waals surface area contributed by atoms with Gasteiger partial charge in [-0.05, 0) is 72.0 Å². The first-order chi connectivity index (χ1) is 10.5. The minimum atomic E-state index is -0.596. The fraction of sp³-hybridized carbons (Fsp3) is 0.684. The van der Waals surface area contributed by atoms with Crippen molar-refractivity contribution < 1.29 is 19.1 Å². The maximum Gasteiger partial charge on any atom is 0.314 e. The lowest BCUT2D eigenvalue weighted by Crippen LogP contribution is -2.38. The van der Waals surface area contributed by atoms with Crippen LogP contribution in [0.25, 0.3) is 0 Å². The Bertz CT molecular complexity index is 505. The molecule has 128 valence electrons. The molecule has 0 saturated heterocycles. The maximum atomic E-state index is 12.6. The molecule has 4 heteroatoms. The second-order valence-corrected chi connectivity index (χ2v) is 8.36. The summed E-state index contributed by atoms with van der Waals surface area (Å²) in [5.74, 6) is -1.91. The van der Waals surface area contributed by atoms with Crippen LogP contribution in [-0.4, -0.2) is 23.1 Å². The maximum absolute atomic E-state index is 12.6. The van der Waals surface area contributed by atoms with E-state index in [1.807, 2.05) is 53.7 Å². The van der Waals surface area contributed by atoms with E-state index in [2.05, 4.69) is 0 Å². The lowest BCUT2D eigenvalue weighted by molar-refractivity contribution is -0.169. The van der Waals surface area contributed by atoms with Crippen molar-refractivity contribution in [3.63, 3.8) is 0 Å². The Morgan fingerprint density at radius 1 is 0.826 bits per heavy atom. The molecule has 2 aliphatic carbocycles. The van der Waals surface area contributed by atoms with Crippen LogP contribution in [0.3, 0.4) is 0 Å². The van der Waals surface area contributed by atoms with E-state index < -0.39 is 23.0 Å². The minimum Gasteiger partial charge on any atom is -0.459 e. The van der Waals surface area contributed by atoms with E-state index in [9.17, 15) is 9.59 Å². The molecule has 0 aromatic carbocycles. The van der Waals surface area contributed by atoms with Gasteiger partial charge in [0.15, 0.2) is 0 Å². The van der Waals surface area contributed by atoms with E-state index in [1.54, 1.807) is 0 Å². The van der Waals surface area contributed by atoms with Gasteiger partial charge in [-0.25, -0.2) is 0 Å². The van der Waals surface area contributed by atoms with Gasteiger partial charge in [-0.1, -0.05) is 12.2 Å². The largest absolute Gasteiger partial charge is 0.459 e. The molecular formula is C19H28O4. The van der Waals surface area contributed by atoms with Gasteiger partial charge in [0.05, 0.1) is 11.8 Å². The first-order valence-corrected chi connectivity index (χ1v) is 8.34. The van der Waals surface area contributed by atoms with Gasteiger partial charge in [-0.3, -0.25) is 9.59 Å². The van der Waals surface area contributed by atoms with Gasteiger partial charge >= 0.3 is 11.9 Å². The highest BCUT2D eigenvalue weighted by molar-refractivity contribution is 5.86. The molecule has 0 N–H and O–H groups in total. The average Bonchev–Trinajstić information content (AvgIpc) is 2.79. The minimum absolute atomic E-state index is 0.358. The molecule has 1 fully saturated rings. The second-order valence-electron chi connectivity index (χ2n) is 8.36. The summed E-state index contributed by atoms with van der Waals surface area (Å²) in [4.78, 5) is 25.2. The molecule has 2 atom stereocenters. The van der Waals surface area contributed by atoms with Crippen LogP contribution < -0.4 is 0 Å². The van der Waals surface area contributed by atoms with E-state index in [0.717, 1.165) is 19.3 Å². The molecule has 4 nitrogen and oxygen atoms in total. The number of carbonyl (C=O) groups is 2. The fourth-order valence-corrected chi connectivity index (χ4v) is 2.98. The second kappa shape index (κ2) is 6.14. The number of hydrogen-bond acceptors (Lipinski definition) is 4. The van der Waals surface area contributed by atoms with Gasteiger partial charge in [0, 0.05) is 0 Å². The number of allylic oxidation sites excluding steroid dienone is 2. The Hall–Kier alpha value is -1.58. The zero-order chi connectivity index (χ0) is 17.4. The molecule has 1 saturated carbocycles. The molecule has 0 heterocycles. The first kappa shape index (κ1) is 17.8. The number of carbonyl (C=O) groups excluding carboxylic acids is 2. The summed E-state index contributed by atoms with van der Waals surface area (Å²) in [5.41, 5.74) is 1.21. The van der Waals surface area contributed by atoms with Crippen LogP contribution in [0.1, 0.15) is 60.8 Å². The number of fused-ring (bicyclic) bond motifs is 1. The fourth-order valence-electron chi connectivity index (χ4n) is 2.98. The third-order valence-electron chi connectivity index (χ3n) is 3.81. The van der Waals surface area contributed by atoms with Gasteiger partial charge in [-0.2, -0.15) is 0 Å². The Kier molecular flexibility index (Phi) is 4.74. The van der Waals surface area contributed by atoms with Crippen LogP contribution in [-0.2, 0) is 19.1 Å². The third-order valence-corrected chi connectivity index (χ3v) is 3.81. The standard InChI is InChI=1S/C19H28O4/c1-18(2,3)22-16(20)14-10-12-8-7-9-13(12)11-15(14)17(21)23-19(4,5)6/h10-11,14-15H,7-9H2,1-6H3/t14-,15+. The van der Waals surface area contributed by atoms with Gasteiger partial charge in [-0.15, -0.1) is 0 Å². The molecule has 2 aliphatic rings. The van der Waals surface area contributed by atoms with E-state index in [1.165, 1.54) is 11.1 Å². The summed E-state index contributed by atoms with van der Waals surface area (Å²) in [6, 6.07) is 0. The molecule has 0 unspecified atom stereocenters. The lowest BCUT2D eigenvalue weighted by atomic mass is 9.82. The van der Waals surface area contributed by atoms with Crippen molar-refractivity contribution >= 4 is 11.9 Å². The Labute approximate surface area is 138 Å². The summed E-state index contributed by atoms with van der Waals surface area (Å²) >= 11 is 0. The lowest BCUT2D eigenvalue weighted by Gasteiger charge is -2.30. The van der Waals surface area contributed by atoms with Gasteiger partial charge in [0.25, 0.3) is 0 Å². The zero-order valence-corrected chi connectivity index (χ0v) is 15.1. The summed E-state index contributed by atoms with van der Waals surface area (Å²) in [6.07, 6.45) is 6.84. The smallest absolute Gasteiger partial charge is 0.314 e. The van der Waals surface area contributed by atoms with Crippen LogP contribution in [0, 0.1) is 11.8 Å². The summed E-state index contributed by atoms with van der Waals surface area (Å²) in [7, 11) is 0. The predicted octanol–water partition coefficient (Wildman–Crippen LogP) is 3.95. The molecular weight excluding hydrogens is 292 g/mol. The number of esters is 2. The predicted molar refractivity (Wildman–Crippen MR) is 88.7 cm³/mol. The van der Waals surface area contributed by atoms with Gasteiger partial charge in [0.2, 0.25) is 0 Å². The topological polar surface area (TPSA) is 52.6 Å². The van der Waals surface area contributed by atoms with Crippen LogP contribution in [0.2, 0.25) is 0 Å². The number of hydrogen-bond donors (Lipinski definition) is 0. The highest BCUT2D eigenvalue weighted by Gasteiger charge is 2.40. The quantitative estimate of drug-likeness (QED) is 0.723. The Morgan fingerprint density at radius 2 is 1.17 bits per heavy atom. The third kappa shape index (κ3) is 4.69. The van der Waals surface area contributed by atoms with Gasteiger partial charge < -0.3 is 9.47 Å². The van der Waals surface area contributed by atoms with Crippen LogP contribution in [0.5, 0.6) is 0 Å². The summed E-state index contributed by atoms with van der Waals surface area (Å²) < 4.78 is 11.0. The van der Waals surface area contributed by atoms with Crippen molar-refractivity contribution in [1.29, 1.82) is 0 Å². The van der Waals surface area contributed by atoms with E-state index >= 15 is 0 Å². The molecule has 0 amide bonds. The molecule has 0 aromatic rings. The molecule has 0 spiro atoms. The van der Waals surface area contributed by atoms with Crippen LogP contribution >= 0.6 is 0 Å². The van der Waals surface area contributed by atoms with Crippen molar-refractivity contribution in [2.24, 2.45) is 11.8 Å². The van der Waals surface area contributed by atoms with Crippen molar-refractivity contribution in [3.8, 4) is 0 Å². The van der Waals surface area contributed by atoms with Crippen molar-refractivity contribution in [2.75, 3.05) is 0 Å². The highest BCUT2D eigenvalue weighted by Crippen LogP contribution is 2.39. The molecule has 0 bridgehead atoms. The monoisotopic (exact) mass is 320 g/mol. The molecule has 2 rings (SSSR count). The SMILES string of the molecule is CC(C)(C)OC(=O)[C@H]1C=C2CCCC2=C[C@H]1C(=O)OC(C)(C)C. The van der Waals surface area contributed by atoms with Crippen molar-refractivity contribution in [3.05, 3.63) is 23.3 Å².